The number of aliphatic hydroxyl groups is 1. The van der Waals surface area contributed by atoms with E-state index >= 15 is 0 Å². The first kappa shape index (κ1) is 10.1. The highest BCUT2D eigenvalue weighted by molar-refractivity contribution is 6.32. The van der Waals surface area contributed by atoms with E-state index in [1.54, 1.807) is 4.57 Å². The van der Waals surface area contributed by atoms with Gasteiger partial charge in [0, 0.05) is 0 Å². The summed E-state index contributed by atoms with van der Waals surface area (Å²) in [6.45, 7) is 1.81. The Morgan fingerprint density at radius 3 is 3.00 bits per heavy atom. The van der Waals surface area contributed by atoms with Gasteiger partial charge in [-0.3, -0.25) is 4.57 Å². The fourth-order valence-electron chi connectivity index (χ4n) is 1.38. The summed E-state index contributed by atoms with van der Waals surface area (Å²) in [6.07, 6.45) is 1.53. The van der Waals surface area contributed by atoms with Crippen molar-refractivity contribution in [3.8, 4) is 5.69 Å². The zero-order valence-corrected chi connectivity index (χ0v) is 8.94. The van der Waals surface area contributed by atoms with Gasteiger partial charge in [0.05, 0.1) is 10.7 Å². The Kier molecular flexibility index (Phi) is 2.70. The Hall–Kier alpha value is -1.39. The molecule has 4 nitrogen and oxygen atoms in total. The number of nitrogens with zero attached hydrogens (tertiary/aromatic N) is 3. The minimum Gasteiger partial charge on any atom is -0.388 e. The predicted octanol–water partition coefficient (Wildman–Crippen LogP) is 1.72. The van der Waals surface area contributed by atoms with Crippen molar-refractivity contribution < 1.29 is 5.11 Å². The van der Waals surface area contributed by atoms with Crippen LogP contribution in [0.4, 0.5) is 0 Å². The number of aryl methyl sites for hydroxylation is 1. The third-order valence-electron chi connectivity index (χ3n) is 2.12. The van der Waals surface area contributed by atoms with E-state index in [4.69, 9.17) is 16.7 Å². The van der Waals surface area contributed by atoms with Crippen LogP contribution in [0, 0.1) is 6.92 Å². The molecule has 0 amide bonds. The number of benzene rings is 1. The monoisotopic (exact) mass is 223 g/mol. The van der Waals surface area contributed by atoms with E-state index in [9.17, 15) is 0 Å². The molecule has 15 heavy (non-hydrogen) atoms. The van der Waals surface area contributed by atoms with E-state index in [1.807, 2.05) is 25.1 Å². The number of hydrogen-bond donors (Lipinski definition) is 1. The summed E-state index contributed by atoms with van der Waals surface area (Å²) in [4.78, 5) is 0. The molecule has 0 radical (unpaired) electrons. The zero-order chi connectivity index (χ0) is 10.8. The molecule has 0 saturated heterocycles. The van der Waals surface area contributed by atoms with Gasteiger partial charge in [-0.15, -0.1) is 10.2 Å². The largest absolute Gasteiger partial charge is 0.388 e. The van der Waals surface area contributed by atoms with E-state index in [0.717, 1.165) is 11.3 Å². The van der Waals surface area contributed by atoms with Crippen LogP contribution >= 0.6 is 11.6 Å². The summed E-state index contributed by atoms with van der Waals surface area (Å²) in [5, 5.41) is 17.2. The van der Waals surface area contributed by atoms with Gasteiger partial charge in [-0.1, -0.05) is 17.7 Å². The molecule has 78 valence electrons. The van der Waals surface area contributed by atoms with E-state index in [0.29, 0.717) is 10.8 Å². The van der Waals surface area contributed by atoms with Crippen molar-refractivity contribution in [1.29, 1.82) is 0 Å². The smallest absolute Gasteiger partial charge is 0.163 e. The van der Waals surface area contributed by atoms with Gasteiger partial charge in [0.25, 0.3) is 0 Å². The molecule has 0 aliphatic carbocycles. The summed E-state index contributed by atoms with van der Waals surface area (Å²) in [6, 6.07) is 5.66. The zero-order valence-electron chi connectivity index (χ0n) is 8.18. The SMILES string of the molecule is Cc1ccc(Cl)c(-n2cnnc2CO)c1. The summed E-state index contributed by atoms with van der Waals surface area (Å²) in [5.74, 6) is 0.475. The van der Waals surface area contributed by atoms with Crippen molar-refractivity contribution in [1.82, 2.24) is 14.8 Å². The second-order valence-electron chi connectivity index (χ2n) is 3.23. The molecule has 0 bridgehead atoms. The molecule has 5 heteroatoms. The molecule has 0 saturated carbocycles. The quantitative estimate of drug-likeness (QED) is 0.844. The Morgan fingerprint density at radius 2 is 2.27 bits per heavy atom. The van der Waals surface area contributed by atoms with Crippen molar-refractivity contribution in [2.75, 3.05) is 0 Å². The average Bonchev–Trinajstić information content (AvgIpc) is 2.69. The molecule has 1 heterocycles. The van der Waals surface area contributed by atoms with Gasteiger partial charge < -0.3 is 5.11 Å². The lowest BCUT2D eigenvalue weighted by molar-refractivity contribution is 0.269. The summed E-state index contributed by atoms with van der Waals surface area (Å²) >= 11 is 6.06. The minimum absolute atomic E-state index is 0.162. The first-order valence-electron chi connectivity index (χ1n) is 4.48. The number of hydrogen-bond acceptors (Lipinski definition) is 3. The lowest BCUT2D eigenvalue weighted by Gasteiger charge is -2.07. The van der Waals surface area contributed by atoms with E-state index in [-0.39, 0.29) is 6.61 Å². The van der Waals surface area contributed by atoms with Crippen molar-refractivity contribution in [3.05, 3.63) is 40.9 Å². The predicted molar refractivity (Wildman–Crippen MR) is 57.0 cm³/mol. The highest BCUT2D eigenvalue weighted by atomic mass is 35.5. The number of aliphatic hydroxyl groups excluding tert-OH is 1. The van der Waals surface area contributed by atoms with Gasteiger partial charge in [0.1, 0.15) is 12.9 Å². The van der Waals surface area contributed by atoms with Crippen molar-refractivity contribution >= 4 is 11.6 Å². The second kappa shape index (κ2) is 4.00. The minimum atomic E-state index is -0.162. The number of halogens is 1. The molecule has 0 unspecified atom stereocenters. The van der Waals surface area contributed by atoms with Crippen LogP contribution in [-0.4, -0.2) is 19.9 Å². The maximum atomic E-state index is 9.06. The molecule has 0 spiro atoms. The van der Waals surface area contributed by atoms with Crippen molar-refractivity contribution in [2.45, 2.75) is 13.5 Å². The van der Waals surface area contributed by atoms with E-state index < -0.39 is 0 Å². The molecule has 1 aromatic heterocycles. The van der Waals surface area contributed by atoms with Crippen LogP contribution < -0.4 is 0 Å². The van der Waals surface area contributed by atoms with Crippen LogP contribution in [-0.2, 0) is 6.61 Å². The fourth-order valence-corrected chi connectivity index (χ4v) is 1.58. The molecule has 2 aromatic rings. The summed E-state index contributed by atoms with van der Waals surface area (Å²) in [5.41, 5.74) is 1.87. The van der Waals surface area contributed by atoms with E-state index in [2.05, 4.69) is 10.2 Å². The van der Waals surface area contributed by atoms with Gasteiger partial charge >= 0.3 is 0 Å². The molecule has 0 aliphatic rings. The molecule has 2 rings (SSSR count). The van der Waals surface area contributed by atoms with Crippen molar-refractivity contribution in [2.24, 2.45) is 0 Å². The Balaban J connectivity index is 2.58. The maximum Gasteiger partial charge on any atom is 0.163 e. The molecule has 0 aliphatic heterocycles. The Morgan fingerprint density at radius 1 is 1.47 bits per heavy atom. The summed E-state index contributed by atoms with van der Waals surface area (Å²) in [7, 11) is 0. The van der Waals surface area contributed by atoms with Gasteiger partial charge in [-0.05, 0) is 24.6 Å². The standard InChI is InChI=1S/C10H10ClN3O/c1-7-2-3-8(11)9(4-7)14-6-12-13-10(14)5-15/h2-4,6,15H,5H2,1H3. The first-order chi connectivity index (χ1) is 7.22. The molecular formula is C10H10ClN3O. The molecular weight excluding hydrogens is 214 g/mol. The Labute approximate surface area is 92.1 Å². The van der Waals surface area contributed by atoms with Crippen LogP contribution in [0.25, 0.3) is 5.69 Å². The lowest BCUT2D eigenvalue weighted by atomic mass is 10.2. The average molecular weight is 224 g/mol. The van der Waals surface area contributed by atoms with Crippen LogP contribution in [0.3, 0.4) is 0 Å². The lowest BCUT2D eigenvalue weighted by Crippen LogP contribution is -2.01. The normalized spacial score (nSPS) is 10.6. The summed E-state index contributed by atoms with van der Waals surface area (Å²) < 4.78 is 1.68. The number of rotatable bonds is 2. The molecule has 1 N–H and O–H groups in total. The molecule has 1 aromatic carbocycles. The topological polar surface area (TPSA) is 50.9 Å². The highest BCUT2D eigenvalue weighted by Crippen LogP contribution is 2.22. The highest BCUT2D eigenvalue weighted by Gasteiger charge is 2.08. The van der Waals surface area contributed by atoms with Gasteiger partial charge in [0.2, 0.25) is 0 Å². The van der Waals surface area contributed by atoms with Crippen LogP contribution in [0.5, 0.6) is 0 Å². The van der Waals surface area contributed by atoms with E-state index in [1.165, 1.54) is 6.33 Å². The number of aromatic nitrogens is 3. The second-order valence-corrected chi connectivity index (χ2v) is 3.64. The third-order valence-corrected chi connectivity index (χ3v) is 2.44. The molecule has 0 atom stereocenters. The Bertz CT molecular complexity index is 481. The maximum absolute atomic E-state index is 9.06. The van der Waals surface area contributed by atoms with Gasteiger partial charge in [-0.2, -0.15) is 0 Å². The molecule has 0 fully saturated rings. The van der Waals surface area contributed by atoms with Crippen molar-refractivity contribution in [3.63, 3.8) is 0 Å². The van der Waals surface area contributed by atoms with Crippen LogP contribution in [0.15, 0.2) is 24.5 Å². The first-order valence-corrected chi connectivity index (χ1v) is 4.86. The van der Waals surface area contributed by atoms with Gasteiger partial charge in [0.15, 0.2) is 5.82 Å². The van der Waals surface area contributed by atoms with Gasteiger partial charge in [-0.25, -0.2) is 0 Å². The van der Waals surface area contributed by atoms with Crippen LogP contribution in [0.1, 0.15) is 11.4 Å². The third kappa shape index (κ3) is 1.86. The fraction of sp³-hybridized carbons (Fsp3) is 0.200. The van der Waals surface area contributed by atoms with Crippen LogP contribution in [0.2, 0.25) is 5.02 Å².